The Morgan fingerprint density at radius 1 is 1.60 bits per heavy atom. The first-order chi connectivity index (χ1) is 7.24. The van der Waals surface area contributed by atoms with Gasteiger partial charge in [-0.2, -0.15) is 0 Å². The quantitative estimate of drug-likeness (QED) is 0.757. The van der Waals surface area contributed by atoms with Crippen LogP contribution in [0.5, 0.6) is 0 Å². The summed E-state index contributed by atoms with van der Waals surface area (Å²) in [4.78, 5) is 20.9. The van der Waals surface area contributed by atoms with Crippen LogP contribution < -0.4 is 0 Å². The lowest BCUT2D eigenvalue weighted by atomic mass is 10.0. The largest absolute Gasteiger partial charge is 0.465 e. The Kier molecular flexibility index (Phi) is 2.53. The Morgan fingerprint density at radius 3 is 3.00 bits per heavy atom. The molecule has 1 N–H and O–H groups in total. The van der Waals surface area contributed by atoms with E-state index in [0.29, 0.717) is 13.0 Å². The van der Waals surface area contributed by atoms with Crippen molar-refractivity contribution in [1.82, 2.24) is 14.9 Å². The molecule has 0 fully saturated rings. The van der Waals surface area contributed by atoms with Crippen molar-refractivity contribution in [3.8, 4) is 0 Å². The topological polar surface area (TPSA) is 66.3 Å². The number of fused-ring (bicyclic) bond motifs is 1. The molecule has 1 aliphatic rings. The highest BCUT2D eigenvalue weighted by Gasteiger charge is 2.30. The summed E-state index contributed by atoms with van der Waals surface area (Å²) in [6.45, 7) is 2.48. The minimum Gasteiger partial charge on any atom is -0.465 e. The summed E-state index contributed by atoms with van der Waals surface area (Å²) >= 11 is 0. The first-order valence-corrected chi connectivity index (χ1v) is 5.03. The number of aromatic nitrogens is 2. The van der Waals surface area contributed by atoms with Gasteiger partial charge in [0.1, 0.15) is 0 Å². The predicted octanol–water partition coefficient (Wildman–Crippen LogP) is 1.46. The number of carbonyl (C=O) groups is 1. The van der Waals surface area contributed by atoms with E-state index in [9.17, 15) is 4.79 Å². The van der Waals surface area contributed by atoms with Gasteiger partial charge in [-0.15, -0.1) is 0 Å². The maximum Gasteiger partial charge on any atom is 0.407 e. The van der Waals surface area contributed by atoms with Crippen molar-refractivity contribution >= 4 is 6.09 Å². The molecule has 1 aromatic heterocycles. The Balaban J connectivity index is 2.38. The molecule has 80 valence electrons. The maximum atomic E-state index is 11.0. The predicted molar refractivity (Wildman–Crippen MR) is 53.5 cm³/mol. The molecule has 0 saturated carbocycles. The Morgan fingerprint density at radius 2 is 2.33 bits per heavy atom. The molecule has 0 radical (unpaired) electrons. The zero-order chi connectivity index (χ0) is 10.8. The van der Waals surface area contributed by atoms with Gasteiger partial charge in [-0.25, -0.2) is 4.79 Å². The van der Waals surface area contributed by atoms with Gasteiger partial charge in [0.05, 0.1) is 17.4 Å². The summed E-state index contributed by atoms with van der Waals surface area (Å²) in [5.74, 6) is 0. The summed E-state index contributed by atoms with van der Waals surface area (Å²) in [5.41, 5.74) is 1.75. The highest BCUT2D eigenvalue weighted by Crippen LogP contribution is 2.28. The molecular formula is C10H13N3O2. The van der Waals surface area contributed by atoms with Gasteiger partial charge in [0.15, 0.2) is 0 Å². The van der Waals surface area contributed by atoms with Gasteiger partial charge in [0.25, 0.3) is 0 Å². The van der Waals surface area contributed by atoms with Crippen LogP contribution in [0, 0.1) is 0 Å². The van der Waals surface area contributed by atoms with Gasteiger partial charge in [0.2, 0.25) is 0 Å². The van der Waals surface area contributed by atoms with Crippen molar-refractivity contribution in [2.45, 2.75) is 25.8 Å². The first kappa shape index (κ1) is 9.89. The van der Waals surface area contributed by atoms with E-state index in [1.165, 1.54) is 4.90 Å². The zero-order valence-corrected chi connectivity index (χ0v) is 8.55. The maximum absolute atomic E-state index is 11.0. The molecule has 1 aromatic rings. The molecule has 5 nitrogen and oxygen atoms in total. The Bertz CT molecular complexity index is 381. The van der Waals surface area contributed by atoms with E-state index in [4.69, 9.17) is 5.11 Å². The molecule has 5 heteroatoms. The fourth-order valence-electron chi connectivity index (χ4n) is 2.02. The van der Waals surface area contributed by atoms with Crippen molar-refractivity contribution in [3.05, 3.63) is 23.8 Å². The second kappa shape index (κ2) is 3.84. The minimum absolute atomic E-state index is 0.139. The van der Waals surface area contributed by atoms with Gasteiger partial charge in [-0.05, 0) is 6.42 Å². The van der Waals surface area contributed by atoms with Gasteiger partial charge >= 0.3 is 6.09 Å². The molecule has 0 saturated heterocycles. The van der Waals surface area contributed by atoms with E-state index in [-0.39, 0.29) is 6.04 Å². The highest BCUT2D eigenvalue weighted by atomic mass is 16.4. The van der Waals surface area contributed by atoms with Crippen molar-refractivity contribution in [1.29, 1.82) is 0 Å². The molecule has 1 amide bonds. The molecule has 2 heterocycles. The molecule has 0 bridgehead atoms. The van der Waals surface area contributed by atoms with Crippen LogP contribution in [-0.2, 0) is 6.42 Å². The summed E-state index contributed by atoms with van der Waals surface area (Å²) < 4.78 is 0. The average molecular weight is 207 g/mol. The third-order valence-electron chi connectivity index (χ3n) is 2.72. The molecule has 2 rings (SSSR count). The van der Waals surface area contributed by atoms with Crippen LogP contribution in [0.25, 0.3) is 0 Å². The Labute approximate surface area is 87.8 Å². The average Bonchev–Trinajstić information content (AvgIpc) is 2.27. The second-order valence-corrected chi connectivity index (χ2v) is 3.54. The van der Waals surface area contributed by atoms with Gasteiger partial charge in [-0.1, -0.05) is 6.92 Å². The van der Waals surface area contributed by atoms with Gasteiger partial charge < -0.3 is 5.11 Å². The summed E-state index contributed by atoms with van der Waals surface area (Å²) in [6.07, 6.45) is 3.79. The van der Waals surface area contributed by atoms with Crippen molar-refractivity contribution < 1.29 is 9.90 Å². The third-order valence-corrected chi connectivity index (χ3v) is 2.72. The number of nitrogens with zero attached hydrogens (tertiary/aromatic N) is 3. The van der Waals surface area contributed by atoms with Crippen LogP contribution in [0.3, 0.4) is 0 Å². The second-order valence-electron chi connectivity index (χ2n) is 3.54. The van der Waals surface area contributed by atoms with Crippen LogP contribution in [0.15, 0.2) is 12.4 Å². The number of carboxylic acid groups (broad SMARTS) is 1. The molecule has 0 spiro atoms. The molecule has 15 heavy (non-hydrogen) atoms. The van der Waals surface area contributed by atoms with Gasteiger partial charge in [-0.3, -0.25) is 14.9 Å². The SMILES string of the molecule is CCC1c2nccnc2CCN1C(=O)O. The number of hydrogen-bond donors (Lipinski definition) is 1. The lowest BCUT2D eigenvalue weighted by molar-refractivity contribution is 0.116. The van der Waals surface area contributed by atoms with Crippen LogP contribution in [-0.4, -0.2) is 32.6 Å². The molecule has 1 unspecified atom stereocenters. The van der Waals surface area contributed by atoms with Crippen LogP contribution in [0.1, 0.15) is 30.8 Å². The van der Waals surface area contributed by atoms with Crippen molar-refractivity contribution in [3.63, 3.8) is 0 Å². The van der Waals surface area contributed by atoms with E-state index in [1.54, 1.807) is 12.4 Å². The molecule has 1 aliphatic heterocycles. The normalized spacial score (nSPS) is 19.8. The minimum atomic E-state index is -0.877. The number of rotatable bonds is 1. The van der Waals surface area contributed by atoms with Crippen LogP contribution in [0.4, 0.5) is 4.79 Å². The van der Waals surface area contributed by atoms with Crippen molar-refractivity contribution in [2.75, 3.05) is 6.54 Å². The van der Waals surface area contributed by atoms with Crippen molar-refractivity contribution in [2.24, 2.45) is 0 Å². The van der Waals surface area contributed by atoms with Crippen LogP contribution in [0.2, 0.25) is 0 Å². The van der Waals surface area contributed by atoms with E-state index in [1.807, 2.05) is 6.92 Å². The fraction of sp³-hybridized carbons (Fsp3) is 0.500. The standard InChI is InChI=1S/C10H13N3O2/c1-2-8-9-7(11-4-5-12-9)3-6-13(8)10(14)15/h4-5,8H,2-3,6H2,1H3,(H,14,15). The molecule has 0 aromatic carbocycles. The number of hydrogen-bond acceptors (Lipinski definition) is 3. The lowest BCUT2D eigenvalue weighted by Crippen LogP contribution is -2.39. The van der Waals surface area contributed by atoms with Gasteiger partial charge in [0, 0.05) is 25.4 Å². The molecule has 1 atom stereocenters. The third kappa shape index (κ3) is 1.65. The van der Waals surface area contributed by atoms with E-state index >= 15 is 0 Å². The molecular weight excluding hydrogens is 194 g/mol. The van der Waals surface area contributed by atoms with Crippen LogP contribution >= 0.6 is 0 Å². The number of amides is 1. The highest BCUT2D eigenvalue weighted by molar-refractivity contribution is 5.66. The van der Waals surface area contributed by atoms with E-state index < -0.39 is 6.09 Å². The fourth-order valence-corrected chi connectivity index (χ4v) is 2.02. The van der Waals surface area contributed by atoms with E-state index in [2.05, 4.69) is 9.97 Å². The summed E-state index contributed by atoms with van der Waals surface area (Å²) in [7, 11) is 0. The Hall–Kier alpha value is -1.65. The summed E-state index contributed by atoms with van der Waals surface area (Å²) in [6, 6.07) is -0.139. The monoisotopic (exact) mass is 207 g/mol. The molecule has 0 aliphatic carbocycles. The summed E-state index contributed by atoms with van der Waals surface area (Å²) in [5, 5.41) is 9.04. The van der Waals surface area contributed by atoms with E-state index in [0.717, 1.165) is 17.8 Å². The first-order valence-electron chi connectivity index (χ1n) is 5.03. The smallest absolute Gasteiger partial charge is 0.407 e. The zero-order valence-electron chi connectivity index (χ0n) is 8.55. The lowest BCUT2D eigenvalue weighted by Gasteiger charge is -2.33.